The summed E-state index contributed by atoms with van der Waals surface area (Å²) in [5.74, 6) is 0.593. The lowest BCUT2D eigenvalue weighted by atomic mass is 10.4. The molecule has 5 nitrogen and oxygen atoms in total. The van der Waals surface area contributed by atoms with Gasteiger partial charge in [-0.05, 0) is 6.92 Å². The third-order valence-electron chi connectivity index (χ3n) is 1.71. The van der Waals surface area contributed by atoms with Crippen molar-refractivity contribution in [2.24, 2.45) is 0 Å². The second kappa shape index (κ2) is 4.61. The summed E-state index contributed by atoms with van der Waals surface area (Å²) in [5, 5.41) is 2.68. The zero-order chi connectivity index (χ0) is 9.68. The van der Waals surface area contributed by atoms with E-state index >= 15 is 0 Å². The molecule has 0 bridgehead atoms. The zero-order valence-corrected chi connectivity index (χ0v) is 7.70. The molecule has 0 radical (unpaired) electrons. The van der Waals surface area contributed by atoms with E-state index in [0.717, 1.165) is 5.82 Å². The van der Waals surface area contributed by atoms with Crippen molar-refractivity contribution in [2.75, 3.05) is 7.11 Å². The summed E-state index contributed by atoms with van der Waals surface area (Å²) in [6.07, 6.45) is 2.93. The lowest BCUT2D eigenvalue weighted by Crippen LogP contribution is -2.33. The number of nitrogens with one attached hydrogen (secondary N) is 2. The number of amides is 1. The number of hydrogen-bond donors (Lipinski definition) is 2. The minimum atomic E-state index is -0.421. The smallest absolute Gasteiger partial charge is 0.249 e. The molecule has 0 aromatic carbocycles. The molecule has 0 spiro atoms. The average molecular weight is 183 g/mol. The molecule has 0 aliphatic carbocycles. The number of imidazole rings is 1. The van der Waals surface area contributed by atoms with E-state index in [9.17, 15) is 4.79 Å². The van der Waals surface area contributed by atoms with Gasteiger partial charge in [0.2, 0.25) is 5.91 Å². The topological polar surface area (TPSA) is 67.0 Å². The normalized spacial score (nSPS) is 12.5. The Bertz CT molecular complexity index is 258. The van der Waals surface area contributed by atoms with E-state index in [0.29, 0.717) is 6.54 Å². The van der Waals surface area contributed by atoms with E-state index in [1.54, 1.807) is 19.3 Å². The van der Waals surface area contributed by atoms with Crippen LogP contribution >= 0.6 is 0 Å². The van der Waals surface area contributed by atoms with Gasteiger partial charge in [0.1, 0.15) is 11.9 Å². The molecule has 0 saturated heterocycles. The van der Waals surface area contributed by atoms with Crippen LogP contribution in [0.25, 0.3) is 0 Å². The maximum atomic E-state index is 11.2. The lowest BCUT2D eigenvalue weighted by molar-refractivity contribution is -0.130. The van der Waals surface area contributed by atoms with Crippen molar-refractivity contribution in [3.63, 3.8) is 0 Å². The third-order valence-corrected chi connectivity index (χ3v) is 1.71. The highest BCUT2D eigenvalue weighted by Gasteiger charge is 2.10. The van der Waals surface area contributed by atoms with Crippen LogP contribution in [0.3, 0.4) is 0 Å². The van der Waals surface area contributed by atoms with Crippen LogP contribution in [0.15, 0.2) is 12.4 Å². The molecule has 2 N–H and O–H groups in total. The lowest BCUT2D eigenvalue weighted by Gasteiger charge is -2.08. The number of carbonyl (C=O) groups is 1. The van der Waals surface area contributed by atoms with Crippen LogP contribution in [0.4, 0.5) is 0 Å². The first-order valence-electron chi connectivity index (χ1n) is 4.03. The number of aromatic amines is 1. The van der Waals surface area contributed by atoms with E-state index in [4.69, 9.17) is 4.74 Å². The summed E-state index contributed by atoms with van der Waals surface area (Å²) in [5.41, 5.74) is 0. The summed E-state index contributed by atoms with van der Waals surface area (Å²) >= 11 is 0. The molecule has 1 rings (SSSR count). The van der Waals surface area contributed by atoms with Gasteiger partial charge in [-0.2, -0.15) is 0 Å². The molecule has 1 amide bonds. The number of hydrogen-bond acceptors (Lipinski definition) is 3. The van der Waals surface area contributed by atoms with Crippen molar-refractivity contribution in [1.29, 1.82) is 0 Å². The Balaban J connectivity index is 2.31. The molecule has 0 saturated carbocycles. The molecule has 0 fully saturated rings. The number of carbonyl (C=O) groups excluding carboxylic acids is 1. The monoisotopic (exact) mass is 183 g/mol. The van der Waals surface area contributed by atoms with E-state index in [-0.39, 0.29) is 5.91 Å². The molecule has 1 heterocycles. The van der Waals surface area contributed by atoms with Gasteiger partial charge in [-0.25, -0.2) is 4.98 Å². The molecule has 0 aliphatic heterocycles. The van der Waals surface area contributed by atoms with Crippen molar-refractivity contribution >= 4 is 5.91 Å². The SMILES string of the molecule is COC(C)C(=O)NCc1ncc[nH]1. The molecule has 1 atom stereocenters. The van der Waals surface area contributed by atoms with Crippen molar-refractivity contribution in [2.45, 2.75) is 19.6 Å². The Morgan fingerprint density at radius 3 is 3.15 bits per heavy atom. The number of H-pyrrole nitrogens is 1. The molecule has 1 aromatic heterocycles. The Hall–Kier alpha value is -1.36. The second-order valence-electron chi connectivity index (χ2n) is 2.63. The van der Waals surface area contributed by atoms with Gasteiger partial charge in [-0.15, -0.1) is 0 Å². The summed E-state index contributed by atoms with van der Waals surface area (Å²) in [6.45, 7) is 2.09. The molecule has 1 aromatic rings. The molecule has 72 valence electrons. The van der Waals surface area contributed by atoms with Gasteiger partial charge in [0.15, 0.2) is 0 Å². The maximum Gasteiger partial charge on any atom is 0.249 e. The highest BCUT2D eigenvalue weighted by Crippen LogP contribution is 1.90. The molecule has 0 aliphatic rings. The number of rotatable bonds is 4. The number of methoxy groups -OCH3 is 1. The summed E-state index contributed by atoms with van der Waals surface area (Å²) in [4.78, 5) is 18.0. The van der Waals surface area contributed by atoms with Crippen LogP contribution in [0.5, 0.6) is 0 Å². The minimum absolute atomic E-state index is 0.140. The van der Waals surface area contributed by atoms with Crippen LogP contribution in [-0.4, -0.2) is 29.1 Å². The fourth-order valence-corrected chi connectivity index (χ4v) is 0.816. The highest BCUT2D eigenvalue weighted by molar-refractivity contribution is 5.80. The van der Waals surface area contributed by atoms with Crippen molar-refractivity contribution in [3.05, 3.63) is 18.2 Å². The van der Waals surface area contributed by atoms with Gasteiger partial charge in [0.25, 0.3) is 0 Å². The summed E-state index contributed by atoms with van der Waals surface area (Å²) in [7, 11) is 1.50. The number of aromatic nitrogens is 2. The molecule has 5 heteroatoms. The molecule has 13 heavy (non-hydrogen) atoms. The molecular weight excluding hydrogens is 170 g/mol. The standard InChI is InChI=1S/C8H13N3O2/c1-6(13-2)8(12)11-5-7-9-3-4-10-7/h3-4,6H,5H2,1-2H3,(H,9,10)(H,11,12). The third kappa shape index (κ3) is 2.87. The fraction of sp³-hybridized carbons (Fsp3) is 0.500. The van der Waals surface area contributed by atoms with E-state index in [2.05, 4.69) is 15.3 Å². The van der Waals surface area contributed by atoms with Crippen LogP contribution in [0.2, 0.25) is 0 Å². The van der Waals surface area contributed by atoms with Crippen LogP contribution < -0.4 is 5.32 Å². The van der Waals surface area contributed by atoms with Crippen molar-refractivity contribution in [1.82, 2.24) is 15.3 Å². The first kappa shape index (κ1) is 9.73. The fourth-order valence-electron chi connectivity index (χ4n) is 0.816. The van der Waals surface area contributed by atoms with Gasteiger partial charge in [0.05, 0.1) is 6.54 Å². The Morgan fingerprint density at radius 2 is 2.62 bits per heavy atom. The van der Waals surface area contributed by atoms with Gasteiger partial charge in [0, 0.05) is 19.5 Å². The predicted molar refractivity (Wildman–Crippen MR) is 46.9 cm³/mol. The van der Waals surface area contributed by atoms with Gasteiger partial charge >= 0.3 is 0 Å². The Kier molecular flexibility index (Phi) is 3.45. The van der Waals surface area contributed by atoms with E-state index in [1.807, 2.05) is 0 Å². The van der Waals surface area contributed by atoms with Gasteiger partial charge < -0.3 is 15.0 Å². The van der Waals surface area contributed by atoms with E-state index < -0.39 is 6.10 Å². The quantitative estimate of drug-likeness (QED) is 0.693. The van der Waals surface area contributed by atoms with Crippen LogP contribution in [-0.2, 0) is 16.1 Å². The average Bonchev–Trinajstić information content (AvgIpc) is 2.65. The summed E-state index contributed by atoms with van der Waals surface area (Å²) in [6, 6.07) is 0. The molecule has 1 unspecified atom stereocenters. The first-order valence-corrected chi connectivity index (χ1v) is 4.03. The van der Waals surface area contributed by atoms with Crippen LogP contribution in [0, 0.1) is 0 Å². The Morgan fingerprint density at radius 1 is 1.85 bits per heavy atom. The minimum Gasteiger partial charge on any atom is -0.372 e. The van der Waals surface area contributed by atoms with E-state index in [1.165, 1.54) is 7.11 Å². The molecular formula is C8H13N3O2. The zero-order valence-electron chi connectivity index (χ0n) is 7.70. The number of ether oxygens (including phenoxy) is 1. The van der Waals surface area contributed by atoms with Crippen LogP contribution in [0.1, 0.15) is 12.7 Å². The van der Waals surface area contributed by atoms with Gasteiger partial charge in [-0.3, -0.25) is 4.79 Å². The summed E-state index contributed by atoms with van der Waals surface area (Å²) < 4.78 is 4.84. The van der Waals surface area contributed by atoms with Crippen molar-refractivity contribution < 1.29 is 9.53 Å². The largest absolute Gasteiger partial charge is 0.372 e. The Labute approximate surface area is 76.5 Å². The first-order chi connectivity index (χ1) is 6.24. The van der Waals surface area contributed by atoms with Gasteiger partial charge in [-0.1, -0.05) is 0 Å². The maximum absolute atomic E-state index is 11.2. The highest BCUT2D eigenvalue weighted by atomic mass is 16.5. The number of nitrogens with zero attached hydrogens (tertiary/aromatic N) is 1. The predicted octanol–water partition coefficient (Wildman–Crippen LogP) is 0.0608. The van der Waals surface area contributed by atoms with Crippen molar-refractivity contribution in [3.8, 4) is 0 Å². The second-order valence-corrected chi connectivity index (χ2v) is 2.63.